The maximum absolute atomic E-state index is 11.8. The molecule has 0 atom stereocenters. The molecule has 0 aliphatic heterocycles. The maximum atomic E-state index is 11.8. The fraction of sp³-hybridized carbons (Fsp3) is 0.348. The molecule has 0 heterocycles. The molecule has 0 spiro atoms. The van der Waals surface area contributed by atoms with Crippen molar-refractivity contribution in [3.8, 4) is 5.75 Å². The van der Waals surface area contributed by atoms with Crippen LogP contribution in [-0.4, -0.2) is 10.9 Å². The number of hydrogen-bond acceptors (Lipinski definition) is 2. The first-order valence-electron chi connectivity index (χ1n) is 9.25. The van der Waals surface area contributed by atoms with Gasteiger partial charge in [-0.3, -0.25) is 4.79 Å². The number of benzene rings is 2. The van der Waals surface area contributed by atoms with E-state index >= 15 is 0 Å². The molecular weight excluding hydrogens is 308 g/mol. The van der Waals surface area contributed by atoms with Crippen molar-refractivity contribution in [3.63, 3.8) is 0 Å². The Morgan fingerprint density at radius 2 is 1.48 bits per heavy atom. The predicted molar refractivity (Wildman–Crippen MR) is 104 cm³/mol. The van der Waals surface area contributed by atoms with Crippen LogP contribution in [0.25, 0.3) is 0 Å². The van der Waals surface area contributed by atoms with Crippen molar-refractivity contribution in [2.75, 3.05) is 0 Å². The lowest BCUT2D eigenvalue weighted by Crippen LogP contribution is -1.95. The number of unbranched alkanes of at least 4 members (excludes halogenated alkanes) is 4. The smallest absolute Gasteiger partial charge is 0.155 e. The first-order chi connectivity index (χ1) is 12.2. The normalized spacial score (nSPS) is 11.0. The number of aryl methyl sites for hydroxylation is 2. The predicted octanol–water partition coefficient (Wildman–Crippen LogP) is 5.64. The second-order valence-corrected chi connectivity index (χ2v) is 6.47. The van der Waals surface area contributed by atoms with E-state index in [9.17, 15) is 9.90 Å². The van der Waals surface area contributed by atoms with Crippen molar-refractivity contribution in [2.24, 2.45) is 0 Å². The van der Waals surface area contributed by atoms with Crippen LogP contribution in [0.2, 0.25) is 0 Å². The fourth-order valence-electron chi connectivity index (χ4n) is 2.82. The number of allylic oxidation sites excluding steroid dienone is 2. The van der Waals surface area contributed by atoms with Crippen LogP contribution in [0, 0.1) is 0 Å². The fourth-order valence-corrected chi connectivity index (χ4v) is 2.82. The van der Waals surface area contributed by atoms with E-state index in [4.69, 9.17) is 0 Å². The van der Waals surface area contributed by atoms with Gasteiger partial charge in [0.2, 0.25) is 0 Å². The van der Waals surface area contributed by atoms with Crippen LogP contribution >= 0.6 is 0 Å². The third-order valence-corrected chi connectivity index (χ3v) is 4.33. The second-order valence-electron chi connectivity index (χ2n) is 6.47. The summed E-state index contributed by atoms with van der Waals surface area (Å²) in [5.41, 5.74) is 2.50. The minimum Gasteiger partial charge on any atom is -0.508 e. The van der Waals surface area contributed by atoms with Crippen molar-refractivity contribution in [3.05, 3.63) is 77.9 Å². The van der Waals surface area contributed by atoms with Gasteiger partial charge in [0.1, 0.15) is 5.75 Å². The number of carbonyl (C=O) groups excluding carboxylic acids is 1. The van der Waals surface area contributed by atoms with Crippen molar-refractivity contribution in [1.29, 1.82) is 0 Å². The Balaban J connectivity index is 1.49. The Morgan fingerprint density at radius 3 is 2.24 bits per heavy atom. The number of aromatic hydroxyl groups is 1. The second kappa shape index (κ2) is 11.2. The highest BCUT2D eigenvalue weighted by molar-refractivity contribution is 5.89. The Morgan fingerprint density at radius 1 is 0.800 bits per heavy atom. The molecule has 2 rings (SSSR count). The van der Waals surface area contributed by atoms with Gasteiger partial charge in [0.25, 0.3) is 0 Å². The third-order valence-electron chi connectivity index (χ3n) is 4.33. The van der Waals surface area contributed by atoms with E-state index in [0.717, 1.165) is 31.2 Å². The Labute approximate surface area is 151 Å². The molecule has 2 aromatic rings. The first kappa shape index (κ1) is 19.0. The van der Waals surface area contributed by atoms with Crippen molar-refractivity contribution >= 4 is 5.78 Å². The summed E-state index contributed by atoms with van der Waals surface area (Å²) in [6, 6.07) is 17.7. The Bertz CT molecular complexity index is 642. The Kier molecular flexibility index (Phi) is 8.54. The van der Waals surface area contributed by atoms with Crippen LogP contribution in [0.4, 0.5) is 0 Å². The highest BCUT2D eigenvalue weighted by Crippen LogP contribution is 2.12. The molecule has 2 heteroatoms. The quantitative estimate of drug-likeness (QED) is 0.426. The van der Waals surface area contributed by atoms with Crippen molar-refractivity contribution in [2.45, 2.75) is 51.4 Å². The molecule has 25 heavy (non-hydrogen) atoms. The Hall–Kier alpha value is -2.35. The van der Waals surface area contributed by atoms with E-state index in [0.29, 0.717) is 6.42 Å². The molecule has 0 saturated carbocycles. The summed E-state index contributed by atoms with van der Waals surface area (Å²) in [5.74, 6) is 0.441. The van der Waals surface area contributed by atoms with Gasteiger partial charge < -0.3 is 5.11 Å². The van der Waals surface area contributed by atoms with Crippen molar-refractivity contribution in [1.82, 2.24) is 0 Å². The largest absolute Gasteiger partial charge is 0.508 e. The SMILES string of the molecule is O=C(/C=C/CCCCCCc1ccccc1)CCc1ccc(O)cc1. The molecule has 0 unspecified atom stereocenters. The molecule has 0 saturated heterocycles. The van der Waals surface area contributed by atoms with Gasteiger partial charge in [0.05, 0.1) is 0 Å². The number of ketones is 1. The summed E-state index contributed by atoms with van der Waals surface area (Å²) in [5, 5.41) is 9.23. The highest BCUT2D eigenvalue weighted by atomic mass is 16.3. The lowest BCUT2D eigenvalue weighted by molar-refractivity contribution is -0.114. The summed E-state index contributed by atoms with van der Waals surface area (Å²) < 4.78 is 0. The number of phenolic OH excluding ortho intramolecular Hbond substituents is 1. The number of phenols is 1. The first-order valence-corrected chi connectivity index (χ1v) is 9.25. The van der Waals surface area contributed by atoms with E-state index < -0.39 is 0 Å². The topological polar surface area (TPSA) is 37.3 Å². The van der Waals surface area contributed by atoms with Crippen LogP contribution in [0.15, 0.2) is 66.7 Å². The lowest BCUT2D eigenvalue weighted by atomic mass is 10.0. The molecule has 0 radical (unpaired) electrons. The number of rotatable bonds is 11. The standard InChI is InChI=1S/C23H28O2/c24-22(17-14-21-15-18-23(25)19-16-21)13-9-4-2-1-3-6-10-20-11-7-5-8-12-20/h5,7-9,11-13,15-16,18-19,25H,1-4,6,10,14,17H2/b13-9+. The summed E-state index contributed by atoms with van der Waals surface area (Å²) in [7, 11) is 0. The molecule has 0 bridgehead atoms. The monoisotopic (exact) mass is 336 g/mol. The van der Waals surface area contributed by atoms with Gasteiger partial charge in [-0.2, -0.15) is 0 Å². The van der Waals surface area contributed by atoms with Gasteiger partial charge in [-0.15, -0.1) is 0 Å². The highest BCUT2D eigenvalue weighted by Gasteiger charge is 1.99. The van der Waals surface area contributed by atoms with Crippen LogP contribution in [0.5, 0.6) is 5.75 Å². The van der Waals surface area contributed by atoms with E-state index in [-0.39, 0.29) is 11.5 Å². The zero-order valence-corrected chi connectivity index (χ0v) is 14.9. The van der Waals surface area contributed by atoms with E-state index in [1.165, 1.54) is 24.8 Å². The minimum absolute atomic E-state index is 0.178. The van der Waals surface area contributed by atoms with Gasteiger partial charge in [-0.25, -0.2) is 0 Å². The van der Waals surface area contributed by atoms with E-state index in [2.05, 4.69) is 30.3 Å². The van der Waals surface area contributed by atoms with Gasteiger partial charge in [0.15, 0.2) is 5.78 Å². The lowest BCUT2D eigenvalue weighted by Gasteiger charge is -2.01. The summed E-state index contributed by atoms with van der Waals surface area (Å²) >= 11 is 0. The molecule has 2 aromatic carbocycles. The van der Waals surface area contributed by atoms with E-state index in [1.54, 1.807) is 18.2 Å². The molecule has 0 fully saturated rings. The van der Waals surface area contributed by atoms with Gasteiger partial charge in [-0.1, -0.05) is 61.4 Å². The third kappa shape index (κ3) is 8.35. The van der Waals surface area contributed by atoms with Crippen LogP contribution in [-0.2, 0) is 17.6 Å². The molecule has 1 N–H and O–H groups in total. The van der Waals surface area contributed by atoms with Crippen LogP contribution in [0.1, 0.15) is 49.7 Å². The zero-order chi connectivity index (χ0) is 17.7. The molecule has 0 aliphatic rings. The minimum atomic E-state index is 0.178. The van der Waals surface area contributed by atoms with Crippen LogP contribution in [0.3, 0.4) is 0 Å². The van der Waals surface area contributed by atoms with Gasteiger partial charge >= 0.3 is 0 Å². The number of hydrogen-bond donors (Lipinski definition) is 1. The molecule has 0 aliphatic carbocycles. The summed E-state index contributed by atoms with van der Waals surface area (Å²) in [4.78, 5) is 11.8. The van der Waals surface area contributed by atoms with Gasteiger partial charge in [-0.05, 0) is 61.4 Å². The summed E-state index contributed by atoms with van der Waals surface area (Å²) in [6.45, 7) is 0. The van der Waals surface area contributed by atoms with Gasteiger partial charge in [0, 0.05) is 6.42 Å². The van der Waals surface area contributed by atoms with E-state index in [1.807, 2.05) is 18.2 Å². The average molecular weight is 336 g/mol. The number of carbonyl (C=O) groups is 1. The molecule has 2 nitrogen and oxygen atoms in total. The summed E-state index contributed by atoms with van der Waals surface area (Å²) in [6.07, 6.45) is 12.0. The molecular formula is C23H28O2. The van der Waals surface area contributed by atoms with Crippen molar-refractivity contribution < 1.29 is 9.90 Å². The molecule has 132 valence electrons. The maximum Gasteiger partial charge on any atom is 0.155 e. The average Bonchev–Trinajstić information content (AvgIpc) is 2.64. The zero-order valence-electron chi connectivity index (χ0n) is 14.9. The molecule has 0 aromatic heterocycles. The molecule has 0 amide bonds. The van der Waals surface area contributed by atoms with Crippen LogP contribution < -0.4 is 0 Å².